The van der Waals surface area contributed by atoms with Gasteiger partial charge in [0.15, 0.2) is 0 Å². The number of rotatable bonds is 0. The average molecular weight is 169 g/mol. The lowest BCUT2D eigenvalue weighted by molar-refractivity contribution is 1.05. The molecule has 1 unspecified atom stereocenters. The summed E-state index contributed by atoms with van der Waals surface area (Å²) in [6.07, 6.45) is 3.18. The Balaban J connectivity index is 2.70. The monoisotopic (exact) mass is 169 g/mol. The molecule has 0 radical (unpaired) electrons. The lowest BCUT2D eigenvalue weighted by atomic mass is 10.6. The second kappa shape index (κ2) is 2.17. The smallest absolute Gasteiger partial charge is 0.135 e. The van der Waals surface area contributed by atoms with E-state index in [1.165, 1.54) is 6.33 Å². The summed E-state index contributed by atoms with van der Waals surface area (Å²) in [5.74, 6) is 0. The van der Waals surface area contributed by atoms with Gasteiger partial charge in [-0.2, -0.15) is 0 Å². The van der Waals surface area contributed by atoms with Gasteiger partial charge >= 0.3 is 0 Å². The van der Waals surface area contributed by atoms with Crippen molar-refractivity contribution < 1.29 is 0 Å². The summed E-state index contributed by atoms with van der Waals surface area (Å²) in [5, 5.41) is 0.880. The van der Waals surface area contributed by atoms with Gasteiger partial charge in [0, 0.05) is 0 Å². The van der Waals surface area contributed by atoms with Gasteiger partial charge in [-0.05, 0) is 20.6 Å². The molecular formula is C5H3N3S2. The van der Waals surface area contributed by atoms with Crippen LogP contribution in [0.1, 0.15) is 0 Å². The van der Waals surface area contributed by atoms with E-state index in [4.69, 9.17) is 11.2 Å². The molecule has 0 bridgehead atoms. The minimum absolute atomic E-state index is 0.307. The van der Waals surface area contributed by atoms with Crippen molar-refractivity contribution in [1.82, 2.24) is 9.97 Å². The van der Waals surface area contributed by atoms with Crippen LogP contribution in [0.4, 0.5) is 5.69 Å². The van der Waals surface area contributed by atoms with Crippen LogP contribution in [0.2, 0.25) is 0 Å². The standard InChI is InChI=1S/C5H3N3S2/c9-10-3-8-4-1-6-2-7-5(4)10/h1-3H. The highest BCUT2D eigenvalue weighted by Gasteiger charge is 2.10. The molecule has 3 nitrogen and oxygen atoms in total. The first kappa shape index (κ1) is 6.06. The number of hydrogen-bond acceptors (Lipinski definition) is 4. The molecule has 5 heteroatoms. The van der Waals surface area contributed by atoms with Crippen molar-refractivity contribution in [3.05, 3.63) is 12.5 Å². The SMILES string of the molecule is S=S1C=Nc2cncnc21. The van der Waals surface area contributed by atoms with E-state index in [1.54, 1.807) is 11.7 Å². The van der Waals surface area contributed by atoms with Gasteiger partial charge < -0.3 is 0 Å². The number of aliphatic imine (C=N–C) groups is 1. The van der Waals surface area contributed by atoms with Gasteiger partial charge in [0.2, 0.25) is 0 Å². The third-order valence-corrected chi connectivity index (χ3v) is 2.86. The summed E-state index contributed by atoms with van der Waals surface area (Å²) in [6.45, 7) is 0. The van der Waals surface area contributed by atoms with Gasteiger partial charge in [-0.25, -0.2) is 15.0 Å². The molecule has 10 heavy (non-hydrogen) atoms. The Labute approximate surface area is 64.8 Å². The van der Waals surface area contributed by atoms with E-state index < -0.39 is 0 Å². The Hall–Kier alpha value is -0.680. The summed E-state index contributed by atoms with van der Waals surface area (Å²) in [7, 11) is -0.307. The fourth-order valence-electron chi connectivity index (χ4n) is 0.709. The van der Waals surface area contributed by atoms with Crippen LogP contribution in [-0.4, -0.2) is 15.5 Å². The highest BCUT2D eigenvalue weighted by Crippen LogP contribution is 2.22. The Bertz CT molecular complexity index is 320. The number of aromatic nitrogens is 2. The Morgan fingerprint density at radius 1 is 1.50 bits per heavy atom. The molecule has 1 aromatic rings. The molecule has 0 aliphatic carbocycles. The summed E-state index contributed by atoms with van der Waals surface area (Å²) in [5.41, 5.74) is 2.55. The lowest BCUT2D eigenvalue weighted by Gasteiger charge is -1.91. The quantitative estimate of drug-likeness (QED) is 0.533. The van der Waals surface area contributed by atoms with E-state index in [0.717, 1.165) is 10.7 Å². The first-order chi connectivity index (χ1) is 4.88. The van der Waals surface area contributed by atoms with Crippen molar-refractivity contribution in [2.24, 2.45) is 4.99 Å². The van der Waals surface area contributed by atoms with E-state index in [9.17, 15) is 0 Å². The second-order valence-corrected chi connectivity index (χ2v) is 4.01. The van der Waals surface area contributed by atoms with E-state index in [1.807, 2.05) is 0 Å². The zero-order valence-corrected chi connectivity index (χ0v) is 6.52. The van der Waals surface area contributed by atoms with Crippen LogP contribution in [0.5, 0.6) is 0 Å². The number of nitrogens with zero attached hydrogens (tertiary/aromatic N) is 3. The molecule has 0 amide bonds. The lowest BCUT2D eigenvalue weighted by Crippen LogP contribution is -1.87. The molecule has 0 N–H and O–H groups in total. The minimum Gasteiger partial charge on any atom is -0.245 e. The third-order valence-electron chi connectivity index (χ3n) is 1.14. The van der Waals surface area contributed by atoms with Crippen LogP contribution < -0.4 is 0 Å². The zero-order valence-electron chi connectivity index (χ0n) is 4.89. The maximum Gasteiger partial charge on any atom is 0.135 e. The molecule has 2 rings (SSSR count). The van der Waals surface area contributed by atoms with E-state index in [2.05, 4.69) is 15.0 Å². The van der Waals surface area contributed by atoms with Gasteiger partial charge in [-0.1, -0.05) is 0 Å². The average Bonchev–Trinajstić information content (AvgIpc) is 2.34. The molecule has 1 atom stereocenters. The van der Waals surface area contributed by atoms with Crippen molar-refractivity contribution in [2.45, 2.75) is 5.03 Å². The fourth-order valence-corrected chi connectivity index (χ4v) is 2.00. The maximum absolute atomic E-state index is 5.05. The predicted octanol–water partition coefficient (Wildman–Crippen LogP) is 0.589. The van der Waals surface area contributed by atoms with Gasteiger partial charge in [0.25, 0.3) is 0 Å². The molecule has 1 aromatic heterocycles. The molecular weight excluding hydrogens is 166 g/mol. The fraction of sp³-hybridized carbons (Fsp3) is 0. The molecule has 0 fully saturated rings. The summed E-state index contributed by atoms with van der Waals surface area (Å²) in [6, 6.07) is 0. The van der Waals surface area contributed by atoms with Crippen molar-refractivity contribution in [3.63, 3.8) is 0 Å². The van der Waals surface area contributed by atoms with Crippen molar-refractivity contribution >= 4 is 31.9 Å². The molecule has 1 aliphatic rings. The van der Waals surface area contributed by atoms with Crippen molar-refractivity contribution in [1.29, 1.82) is 0 Å². The zero-order chi connectivity index (χ0) is 6.97. The Morgan fingerprint density at radius 2 is 2.40 bits per heavy atom. The van der Waals surface area contributed by atoms with E-state index in [-0.39, 0.29) is 9.45 Å². The molecule has 0 saturated carbocycles. The van der Waals surface area contributed by atoms with Crippen LogP contribution in [-0.2, 0) is 20.6 Å². The van der Waals surface area contributed by atoms with Crippen LogP contribution in [0.3, 0.4) is 0 Å². The highest BCUT2D eigenvalue weighted by atomic mass is 32.8. The molecule has 2 heterocycles. The Kier molecular flexibility index (Phi) is 1.32. The summed E-state index contributed by atoms with van der Waals surface area (Å²) >= 11 is 5.05. The maximum atomic E-state index is 5.05. The van der Waals surface area contributed by atoms with E-state index >= 15 is 0 Å². The molecule has 0 aromatic carbocycles. The molecule has 0 saturated heterocycles. The van der Waals surface area contributed by atoms with Gasteiger partial charge in [0.05, 0.1) is 11.7 Å². The van der Waals surface area contributed by atoms with Crippen LogP contribution >= 0.6 is 0 Å². The normalized spacial score (nSPS) is 21.0. The summed E-state index contributed by atoms with van der Waals surface area (Å²) < 4.78 is 0. The number of hydrogen-bond donors (Lipinski definition) is 0. The largest absolute Gasteiger partial charge is 0.245 e. The first-order valence-corrected chi connectivity index (χ1v) is 4.84. The first-order valence-electron chi connectivity index (χ1n) is 2.63. The van der Waals surface area contributed by atoms with Crippen molar-refractivity contribution in [3.8, 4) is 0 Å². The summed E-state index contributed by atoms with van der Waals surface area (Å²) in [4.78, 5) is 11.9. The third kappa shape index (κ3) is 0.783. The predicted molar refractivity (Wildman–Crippen MR) is 43.2 cm³/mol. The molecule has 0 spiro atoms. The molecule has 1 aliphatic heterocycles. The Morgan fingerprint density at radius 3 is 3.20 bits per heavy atom. The van der Waals surface area contributed by atoms with E-state index in [0.29, 0.717) is 0 Å². The molecule has 50 valence electrons. The van der Waals surface area contributed by atoms with Crippen LogP contribution in [0, 0.1) is 0 Å². The van der Waals surface area contributed by atoms with Crippen LogP contribution in [0.25, 0.3) is 0 Å². The highest BCUT2D eigenvalue weighted by molar-refractivity contribution is 8.36. The van der Waals surface area contributed by atoms with Gasteiger partial charge in [0.1, 0.15) is 17.0 Å². The topological polar surface area (TPSA) is 38.1 Å². The van der Waals surface area contributed by atoms with Crippen LogP contribution in [0.15, 0.2) is 22.5 Å². The van der Waals surface area contributed by atoms with Gasteiger partial charge in [-0.3, -0.25) is 0 Å². The second-order valence-electron chi connectivity index (χ2n) is 1.75. The minimum atomic E-state index is -0.307. The number of fused-ring (bicyclic) bond motifs is 1. The van der Waals surface area contributed by atoms with Crippen molar-refractivity contribution in [2.75, 3.05) is 0 Å². The van der Waals surface area contributed by atoms with Gasteiger partial charge in [-0.15, -0.1) is 0 Å².